The van der Waals surface area contributed by atoms with Crippen LogP contribution in [0, 0.1) is 5.41 Å². The number of nitrogens with zero attached hydrogens (tertiary/aromatic N) is 2. The Morgan fingerprint density at radius 1 is 1.43 bits per heavy atom. The molecule has 1 N–H and O–H groups in total. The normalized spacial score (nSPS) is 24.3. The van der Waals surface area contributed by atoms with E-state index >= 15 is 0 Å². The molecule has 5 nitrogen and oxygen atoms in total. The molecule has 1 spiro atoms. The van der Waals surface area contributed by atoms with Crippen LogP contribution >= 0.6 is 11.3 Å². The van der Waals surface area contributed by atoms with Crippen LogP contribution in [-0.2, 0) is 16.0 Å². The van der Waals surface area contributed by atoms with E-state index in [4.69, 9.17) is 0 Å². The van der Waals surface area contributed by atoms with Crippen molar-refractivity contribution in [1.82, 2.24) is 9.80 Å². The zero-order valence-electron chi connectivity index (χ0n) is 13.5. The average molecular weight is 336 g/mol. The molecule has 2 aliphatic rings. The number of aliphatic hydroxyl groups excluding tert-OH is 1. The van der Waals surface area contributed by atoms with Crippen LogP contribution in [0.4, 0.5) is 0 Å². The number of aliphatic hydroxyl groups is 1. The first-order valence-corrected chi connectivity index (χ1v) is 9.17. The van der Waals surface area contributed by atoms with E-state index in [1.807, 2.05) is 10.3 Å². The van der Waals surface area contributed by atoms with Gasteiger partial charge in [0.1, 0.15) is 0 Å². The van der Waals surface area contributed by atoms with Crippen LogP contribution in [0.1, 0.15) is 31.2 Å². The van der Waals surface area contributed by atoms with Crippen molar-refractivity contribution < 1.29 is 14.7 Å². The fourth-order valence-electron chi connectivity index (χ4n) is 3.85. The van der Waals surface area contributed by atoms with Gasteiger partial charge in [-0.25, -0.2) is 0 Å². The van der Waals surface area contributed by atoms with Crippen molar-refractivity contribution >= 4 is 23.2 Å². The number of amides is 2. The molecule has 0 saturated carbocycles. The highest BCUT2D eigenvalue weighted by Gasteiger charge is 2.47. The van der Waals surface area contributed by atoms with Crippen molar-refractivity contribution in [2.75, 3.05) is 26.7 Å². The Bertz CT molecular complexity index is 564. The molecule has 0 aromatic carbocycles. The van der Waals surface area contributed by atoms with Gasteiger partial charge in [-0.05, 0) is 48.1 Å². The predicted octanol–water partition coefficient (Wildman–Crippen LogP) is 1.51. The molecule has 3 rings (SSSR count). The molecule has 6 heteroatoms. The van der Waals surface area contributed by atoms with Crippen LogP contribution in [-0.4, -0.2) is 59.5 Å². The van der Waals surface area contributed by atoms with E-state index in [2.05, 4.69) is 11.4 Å². The number of aryl methyl sites for hydroxylation is 1. The molecule has 3 heterocycles. The van der Waals surface area contributed by atoms with E-state index in [0.717, 1.165) is 6.42 Å². The summed E-state index contributed by atoms with van der Waals surface area (Å²) in [5.74, 6) is 0.302. The lowest BCUT2D eigenvalue weighted by molar-refractivity contribution is -0.156. The van der Waals surface area contributed by atoms with Crippen molar-refractivity contribution in [3.8, 4) is 0 Å². The molecule has 1 atom stereocenters. The lowest BCUT2D eigenvalue weighted by Crippen LogP contribution is -2.56. The number of hydrogen-bond donors (Lipinski definition) is 1. The van der Waals surface area contributed by atoms with Gasteiger partial charge in [0.15, 0.2) is 0 Å². The fourth-order valence-corrected chi connectivity index (χ4v) is 4.56. The number of likely N-dealkylation sites (tertiary alicyclic amines) is 2. The number of carbonyl (C=O) groups is 2. The third-order valence-corrected chi connectivity index (χ3v) is 5.92. The summed E-state index contributed by atoms with van der Waals surface area (Å²) in [6.45, 7) is 1.66. The van der Waals surface area contributed by atoms with Gasteiger partial charge in [-0.3, -0.25) is 9.59 Å². The van der Waals surface area contributed by atoms with Crippen LogP contribution in [0.15, 0.2) is 16.8 Å². The van der Waals surface area contributed by atoms with Crippen LogP contribution in [0.2, 0.25) is 0 Å². The second-order valence-electron chi connectivity index (χ2n) is 6.84. The summed E-state index contributed by atoms with van der Waals surface area (Å²) < 4.78 is 0. The highest BCUT2D eigenvalue weighted by molar-refractivity contribution is 7.07. The zero-order chi connectivity index (χ0) is 16.4. The van der Waals surface area contributed by atoms with E-state index < -0.39 is 11.5 Å². The van der Waals surface area contributed by atoms with Gasteiger partial charge in [-0.1, -0.05) is 0 Å². The molecule has 2 fully saturated rings. The lowest BCUT2D eigenvalue weighted by atomic mass is 9.71. The molecular formula is C17H24N2O3S. The van der Waals surface area contributed by atoms with Gasteiger partial charge in [-0.2, -0.15) is 11.3 Å². The summed E-state index contributed by atoms with van der Waals surface area (Å²) in [6, 6.07) is 2.06. The van der Waals surface area contributed by atoms with Crippen LogP contribution in [0.3, 0.4) is 0 Å². The van der Waals surface area contributed by atoms with Gasteiger partial charge in [0.05, 0.1) is 11.5 Å². The van der Waals surface area contributed by atoms with Crippen LogP contribution in [0.5, 0.6) is 0 Å². The van der Waals surface area contributed by atoms with Crippen LogP contribution < -0.4 is 0 Å². The van der Waals surface area contributed by atoms with Crippen molar-refractivity contribution in [2.24, 2.45) is 5.41 Å². The minimum Gasteiger partial charge on any atom is -0.391 e. The van der Waals surface area contributed by atoms with Gasteiger partial charge in [-0.15, -0.1) is 0 Å². The van der Waals surface area contributed by atoms with Crippen molar-refractivity contribution in [3.05, 3.63) is 22.4 Å². The Morgan fingerprint density at radius 2 is 2.17 bits per heavy atom. The third-order valence-electron chi connectivity index (χ3n) is 5.19. The minimum absolute atomic E-state index is 0.133. The Kier molecular flexibility index (Phi) is 4.73. The number of thiophene rings is 1. The summed E-state index contributed by atoms with van der Waals surface area (Å²) in [4.78, 5) is 28.4. The first kappa shape index (κ1) is 16.5. The summed E-state index contributed by atoms with van der Waals surface area (Å²) in [7, 11) is 1.75. The first-order valence-electron chi connectivity index (χ1n) is 8.23. The number of piperidine rings is 2. The predicted molar refractivity (Wildman–Crippen MR) is 89.1 cm³/mol. The summed E-state index contributed by atoms with van der Waals surface area (Å²) >= 11 is 1.65. The van der Waals surface area contributed by atoms with Crippen molar-refractivity contribution in [2.45, 2.75) is 38.2 Å². The molecule has 126 valence electrons. The van der Waals surface area contributed by atoms with Gasteiger partial charge in [0.2, 0.25) is 11.8 Å². The summed E-state index contributed by atoms with van der Waals surface area (Å²) in [5, 5.41) is 14.1. The number of carbonyl (C=O) groups excluding carboxylic acids is 2. The number of β-amino-alcohol motifs (C(OH)–C–C–N with tert-alkyl or cyclic N) is 1. The molecule has 2 saturated heterocycles. The second kappa shape index (κ2) is 6.61. The third kappa shape index (κ3) is 3.43. The maximum Gasteiger partial charge on any atom is 0.228 e. The Morgan fingerprint density at radius 3 is 2.83 bits per heavy atom. The molecule has 23 heavy (non-hydrogen) atoms. The average Bonchev–Trinajstić information content (AvgIpc) is 3.04. The van der Waals surface area contributed by atoms with Gasteiger partial charge < -0.3 is 14.9 Å². The molecule has 0 aliphatic carbocycles. The van der Waals surface area contributed by atoms with Gasteiger partial charge in [0, 0.05) is 33.1 Å². The van der Waals surface area contributed by atoms with E-state index in [1.165, 1.54) is 5.56 Å². The largest absolute Gasteiger partial charge is 0.391 e. The van der Waals surface area contributed by atoms with E-state index in [-0.39, 0.29) is 11.8 Å². The molecule has 2 amide bonds. The monoisotopic (exact) mass is 336 g/mol. The Hall–Kier alpha value is -1.40. The number of rotatable bonds is 3. The minimum atomic E-state index is -0.462. The first-order chi connectivity index (χ1) is 11.0. The van der Waals surface area contributed by atoms with E-state index in [1.54, 1.807) is 23.3 Å². The van der Waals surface area contributed by atoms with Gasteiger partial charge >= 0.3 is 0 Å². The maximum atomic E-state index is 12.5. The molecule has 2 aliphatic heterocycles. The lowest BCUT2D eigenvalue weighted by Gasteiger charge is -2.47. The number of hydrogen-bond acceptors (Lipinski definition) is 4. The second-order valence-corrected chi connectivity index (χ2v) is 7.62. The van der Waals surface area contributed by atoms with E-state index in [0.29, 0.717) is 45.3 Å². The highest BCUT2D eigenvalue weighted by atomic mass is 32.1. The molecule has 0 radical (unpaired) electrons. The molecular weight excluding hydrogens is 312 g/mol. The quantitative estimate of drug-likeness (QED) is 0.910. The topological polar surface area (TPSA) is 60.9 Å². The molecule has 0 bridgehead atoms. The number of likely N-dealkylation sites (N-methyl/N-ethyl adjacent to an activating group) is 1. The SMILES string of the molecule is CN1CC(O)CC2(CCN(C(=O)CCc3ccsc3)CC2)C1=O. The van der Waals surface area contributed by atoms with E-state index in [9.17, 15) is 14.7 Å². The standard InChI is InChI=1S/C17H24N2O3S/c1-18-11-14(20)10-17(16(18)22)5-7-19(8-6-17)15(21)3-2-13-4-9-23-12-13/h4,9,12,14,20H,2-3,5-8,10-11H2,1H3. The Balaban J connectivity index is 1.55. The summed E-state index contributed by atoms with van der Waals surface area (Å²) in [5.41, 5.74) is 0.750. The maximum absolute atomic E-state index is 12.5. The zero-order valence-corrected chi connectivity index (χ0v) is 14.3. The van der Waals surface area contributed by atoms with Crippen molar-refractivity contribution in [1.29, 1.82) is 0 Å². The van der Waals surface area contributed by atoms with Gasteiger partial charge in [0.25, 0.3) is 0 Å². The van der Waals surface area contributed by atoms with Crippen LogP contribution in [0.25, 0.3) is 0 Å². The van der Waals surface area contributed by atoms with Crippen molar-refractivity contribution in [3.63, 3.8) is 0 Å². The fraction of sp³-hybridized carbons (Fsp3) is 0.647. The molecule has 1 aromatic rings. The molecule has 1 unspecified atom stereocenters. The Labute approximate surface area is 140 Å². The smallest absolute Gasteiger partial charge is 0.228 e. The highest BCUT2D eigenvalue weighted by Crippen LogP contribution is 2.40. The molecule has 1 aromatic heterocycles. The summed E-state index contributed by atoms with van der Waals surface area (Å²) in [6.07, 6.45) is 2.73.